The number of hydrogen-bond acceptors (Lipinski definition) is 5. The van der Waals surface area contributed by atoms with E-state index in [1.807, 2.05) is 77.4 Å². The molecule has 158 valence electrons. The first-order valence-electron chi connectivity index (χ1n) is 9.41. The molecule has 0 radical (unpaired) electrons. The molecule has 4 aromatic rings. The number of hydrogen-bond donors (Lipinski definition) is 1. The van der Waals surface area contributed by atoms with Crippen molar-refractivity contribution in [1.82, 2.24) is 14.8 Å². The van der Waals surface area contributed by atoms with Gasteiger partial charge in [-0.05, 0) is 36.4 Å². The zero-order chi connectivity index (χ0) is 22.0. The molecule has 0 saturated heterocycles. The second kappa shape index (κ2) is 8.50. The number of pyridine rings is 1. The minimum absolute atomic E-state index is 0.0246. The molecule has 2 aromatic carbocycles. The molecule has 0 unspecified atom stereocenters. The second-order valence-corrected chi connectivity index (χ2v) is 9.04. The molecule has 2 aromatic heterocycles. The number of primary sulfonamides is 1. The van der Waals surface area contributed by atoms with E-state index in [1.54, 1.807) is 6.07 Å². The summed E-state index contributed by atoms with van der Waals surface area (Å²) in [7, 11) is -1.90. The highest BCUT2D eigenvalue weighted by Gasteiger charge is 2.16. The van der Waals surface area contributed by atoms with Gasteiger partial charge < -0.3 is 4.90 Å². The van der Waals surface area contributed by atoms with Crippen molar-refractivity contribution in [2.75, 3.05) is 11.9 Å². The molecule has 0 aliphatic carbocycles. The molecule has 9 heteroatoms. The molecule has 0 spiro atoms. The van der Waals surface area contributed by atoms with Crippen LogP contribution in [0.1, 0.15) is 5.56 Å². The van der Waals surface area contributed by atoms with E-state index in [-0.39, 0.29) is 4.90 Å². The predicted octanol–water partition coefficient (Wildman–Crippen LogP) is 3.87. The molecule has 0 bridgehead atoms. The van der Waals surface area contributed by atoms with Crippen LogP contribution in [0.3, 0.4) is 0 Å². The molecule has 0 saturated carbocycles. The van der Waals surface area contributed by atoms with Crippen molar-refractivity contribution in [3.8, 4) is 16.9 Å². The summed E-state index contributed by atoms with van der Waals surface area (Å²) in [6.07, 6.45) is 3.24. The van der Waals surface area contributed by atoms with Crippen LogP contribution in [0.15, 0.2) is 84.0 Å². The Morgan fingerprint density at radius 2 is 1.74 bits per heavy atom. The van der Waals surface area contributed by atoms with Crippen LogP contribution >= 0.6 is 11.6 Å². The van der Waals surface area contributed by atoms with Gasteiger partial charge in [0, 0.05) is 42.1 Å². The highest BCUT2D eigenvalue weighted by atomic mass is 35.5. The lowest BCUT2D eigenvalue weighted by molar-refractivity contribution is 0.597. The van der Waals surface area contributed by atoms with E-state index in [0.29, 0.717) is 17.4 Å². The Hall–Kier alpha value is -3.20. The zero-order valence-corrected chi connectivity index (χ0v) is 18.3. The molecule has 2 N–H and O–H groups in total. The van der Waals surface area contributed by atoms with Gasteiger partial charge in [-0.3, -0.25) is 0 Å². The molecule has 0 fully saturated rings. The van der Waals surface area contributed by atoms with Crippen molar-refractivity contribution >= 4 is 27.4 Å². The number of anilines is 1. The fourth-order valence-electron chi connectivity index (χ4n) is 3.19. The number of para-hydroxylation sites is 1. The molecule has 4 rings (SSSR count). The first-order chi connectivity index (χ1) is 14.8. The van der Waals surface area contributed by atoms with Crippen LogP contribution in [0.25, 0.3) is 16.9 Å². The summed E-state index contributed by atoms with van der Waals surface area (Å²) in [6.45, 7) is 0.506. The van der Waals surface area contributed by atoms with E-state index < -0.39 is 10.0 Å². The lowest BCUT2D eigenvalue weighted by Crippen LogP contribution is -2.18. The van der Waals surface area contributed by atoms with Gasteiger partial charge in [-0.2, -0.15) is 5.10 Å². The van der Waals surface area contributed by atoms with Crippen LogP contribution in [0.5, 0.6) is 0 Å². The van der Waals surface area contributed by atoms with Crippen molar-refractivity contribution in [1.29, 1.82) is 0 Å². The maximum atomic E-state index is 11.5. The highest BCUT2D eigenvalue weighted by Crippen LogP contribution is 2.27. The van der Waals surface area contributed by atoms with E-state index in [0.717, 1.165) is 22.5 Å². The summed E-state index contributed by atoms with van der Waals surface area (Å²) in [6, 6.07) is 20.5. The topological polar surface area (TPSA) is 94.1 Å². The van der Waals surface area contributed by atoms with Gasteiger partial charge in [0.05, 0.1) is 11.4 Å². The zero-order valence-electron chi connectivity index (χ0n) is 16.7. The normalized spacial score (nSPS) is 11.5. The Morgan fingerprint density at radius 1 is 1.03 bits per heavy atom. The second-order valence-electron chi connectivity index (χ2n) is 7.04. The van der Waals surface area contributed by atoms with Gasteiger partial charge in [0.1, 0.15) is 10.7 Å². The summed E-state index contributed by atoms with van der Waals surface area (Å²) < 4.78 is 24.8. The van der Waals surface area contributed by atoms with E-state index in [1.165, 1.54) is 12.3 Å². The van der Waals surface area contributed by atoms with Crippen LogP contribution < -0.4 is 10.0 Å². The van der Waals surface area contributed by atoms with Crippen LogP contribution in [0, 0.1) is 0 Å². The van der Waals surface area contributed by atoms with Crippen LogP contribution in [0.2, 0.25) is 5.02 Å². The van der Waals surface area contributed by atoms with Crippen LogP contribution in [-0.4, -0.2) is 30.2 Å². The number of benzene rings is 2. The lowest BCUT2D eigenvalue weighted by Gasteiger charge is -2.18. The summed E-state index contributed by atoms with van der Waals surface area (Å²) in [5.74, 6) is 0.613. The monoisotopic (exact) mass is 453 g/mol. The van der Waals surface area contributed by atoms with Crippen LogP contribution in [0.4, 0.5) is 5.82 Å². The fraction of sp³-hybridized carbons (Fsp3) is 0.0909. The number of rotatable bonds is 6. The largest absolute Gasteiger partial charge is 0.355 e. The standard InChI is InChI=1S/C22H20ClN5O2S/c1-27(21-12-11-20(13-25-21)31(24,29)30)14-17-15-28(19-5-3-2-4-6-19)26-22(17)16-7-9-18(23)10-8-16/h2-13,15H,14H2,1H3,(H2,24,29,30). The van der Waals surface area contributed by atoms with Crippen molar-refractivity contribution in [2.24, 2.45) is 5.14 Å². The predicted molar refractivity (Wildman–Crippen MR) is 122 cm³/mol. The van der Waals surface area contributed by atoms with Crippen molar-refractivity contribution in [3.63, 3.8) is 0 Å². The van der Waals surface area contributed by atoms with Gasteiger partial charge in [0.15, 0.2) is 0 Å². The van der Waals surface area contributed by atoms with Crippen molar-refractivity contribution in [3.05, 3.63) is 89.7 Å². The van der Waals surface area contributed by atoms with Crippen molar-refractivity contribution in [2.45, 2.75) is 11.4 Å². The molecular formula is C22H20ClN5O2S. The van der Waals surface area contributed by atoms with Gasteiger partial charge in [0.25, 0.3) is 0 Å². The molecule has 0 aliphatic heterocycles. The van der Waals surface area contributed by atoms with Crippen molar-refractivity contribution < 1.29 is 8.42 Å². The third-order valence-corrected chi connectivity index (χ3v) is 5.93. The lowest BCUT2D eigenvalue weighted by atomic mass is 10.1. The fourth-order valence-corrected chi connectivity index (χ4v) is 3.78. The van der Waals surface area contributed by atoms with Gasteiger partial charge in [-0.15, -0.1) is 0 Å². The van der Waals surface area contributed by atoms with E-state index in [4.69, 9.17) is 21.8 Å². The van der Waals surface area contributed by atoms with Gasteiger partial charge in [-0.1, -0.05) is 41.9 Å². The Balaban J connectivity index is 1.69. The first-order valence-corrected chi connectivity index (χ1v) is 11.3. The third-order valence-electron chi connectivity index (χ3n) is 4.78. The minimum atomic E-state index is -3.78. The molecule has 0 atom stereocenters. The summed E-state index contributed by atoms with van der Waals surface area (Å²) in [4.78, 5) is 6.13. The highest BCUT2D eigenvalue weighted by molar-refractivity contribution is 7.89. The first kappa shape index (κ1) is 21.0. The van der Waals surface area contributed by atoms with E-state index >= 15 is 0 Å². The number of halogens is 1. The summed E-state index contributed by atoms with van der Waals surface area (Å²) in [5.41, 5.74) is 3.70. The average molecular weight is 454 g/mol. The van der Waals surface area contributed by atoms with Gasteiger partial charge >= 0.3 is 0 Å². The van der Waals surface area contributed by atoms with Crippen LogP contribution in [-0.2, 0) is 16.6 Å². The SMILES string of the molecule is CN(Cc1cn(-c2ccccc2)nc1-c1ccc(Cl)cc1)c1ccc(S(N)(=O)=O)cn1. The maximum Gasteiger partial charge on any atom is 0.239 e. The molecule has 31 heavy (non-hydrogen) atoms. The molecule has 7 nitrogen and oxygen atoms in total. The van der Waals surface area contributed by atoms with Gasteiger partial charge in [0.2, 0.25) is 10.0 Å². The molecule has 0 amide bonds. The quantitative estimate of drug-likeness (QED) is 0.478. The molecule has 0 aliphatic rings. The Morgan fingerprint density at radius 3 is 2.35 bits per heavy atom. The Labute approximate surface area is 185 Å². The maximum absolute atomic E-state index is 11.5. The Bertz CT molecular complexity index is 1290. The summed E-state index contributed by atoms with van der Waals surface area (Å²) >= 11 is 6.06. The third kappa shape index (κ3) is 4.77. The smallest absolute Gasteiger partial charge is 0.239 e. The van der Waals surface area contributed by atoms with E-state index in [2.05, 4.69) is 4.98 Å². The van der Waals surface area contributed by atoms with Gasteiger partial charge in [-0.25, -0.2) is 23.2 Å². The Kier molecular flexibility index (Phi) is 5.77. The number of aromatic nitrogens is 3. The average Bonchev–Trinajstić information content (AvgIpc) is 3.18. The summed E-state index contributed by atoms with van der Waals surface area (Å²) in [5, 5.41) is 10.6. The minimum Gasteiger partial charge on any atom is -0.355 e. The molecule has 2 heterocycles. The number of nitrogens with two attached hydrogens (primary N) is 1. The number of sulfonamides is 1. The van der Waals surface area contributed by atoms with E-state index in [9.17, 15) is 8.42 Å². The number of nitrogens with zero attached hydrogens (tertiary/aromatic N) is 4. The molecular weight excluding hydrogens is 434 g/mol.